The lowest BCUT2D eigenvalue weighted by atomic mass is 10.0. The zero-order valence-electron chi connectivity index (χ0n) is 15.9. The third kappa shape index (κ3) is 3.13. The van der Waals surface area contributed by atoms with Gasteiger partial charge in [0.2, 0.25) is 5.88 Å². The van der Waals surface area contributed by atoms with E-state index in [9.17, 15) is 14.3 Å². The Kier molecular flexibility index (Phi) is 4.24. The molecule has 0 aliphatic carbocycles. The molecule has 2 N–H and O–H groups in total. The van der Waals surface area contributed by atoms with Crippen molar-refractivity contribution in [3.05, 3.63) is 46.8 Å². The number of halogens is 1. The lowest BCUT2D eigenvalue weighted by Gasteiger charge is -2.32. The van der Waals surface area contributed by atoms with Gasteiger partial charge in [0.25, 0.3) is 5.56 Å². The van der Waals surface area contributed by atoms with E-state index in [4.69, 9.17) is 4.74 Å². The normalized spacial score (nSPS) is 26.0. The van der Waals surface area contributed by atoms with Gasteiger partial charge in [-0.25, -0.2) is 4.39 Å². The largest absolute Gasteiger partial charge is 0.508 e. The van der Waals surface area contributed by atoms with Crippen LogP contribution in [0.25, 0.3) is 22.2 Å². The van der Waals surface area contributed by atoms with Gasteiger partial charge in [-0.3, -0.25) is 4.79 Å². The number of rotatable bonds is 3. The SMILES string of the molecule is Cn1c(-c2ccc(O[C@@H]3C[C@H]4CC[C@H](N4)[C@@H]3F)nn2)cc2cc(O)ccc2c1=O. The first-order chi connectivity index (χ1) is 14.0. The van der Waals surface area contributed by atoms with Crippen molar-refractivity contribution in [2.45, 2.75) is 43.6 Å². The minimum atomic E-state index is -1.07. The average molecular weight is 396 g/mol. The van der Waals surface area contributed by atoms with Crippen LogP contribution >= 0.6 is 0 Å². The first-order valence-electron chi connectivity index (χ1n) is 9.73. The van der Waals surface area contributed by atoms with Gasteiger partial charge < -0.3 is 19.7 Å². The molecule has 2 aliphatic rings. The Morgan fingerprint density at radius 2 is 2.07 bits per heavy atom. The van der Waals surface area contributed by atoms with Crippen molar-refractivity contribution in [1.29, 1.82) is 0 Å². The molecule has 4 atom stereocenters. The summed E-state index contributed by atoms with van der Waals surface area (Å²) in [6, 6.07) is 9.91. The number of aromatic hydroxyl groups is 1. The molecule has 4 heterocycles. The number of hydrogen-bond acceptors (Lipinski definition) is 6. The first-order valence-corrected chi connectivity index (χ1v) is 9.73. The highest BCUT2D eigenvalue weighted by molar-refractivity contribution is 5.86. The third-order valence-corrected chi connectivity index (χ3v) is 5.93. The molecule has 0 spiro atoms. The number of benzene rings is 1. The minimum absolute atomic E-state index is 0.0863. The van der Waals surface area contributed by atoms with Gasteiger partial charge in [-0.1, -0.05) is 0 Å². The Bertz CT molecular complexity index is 1130. The van der Waals surface area contributed by atoms with E-state index in [2.05, 4.69) is 15.5 Å². The molecule has 0 unspecified atom stereocenters. The van der Waals surface area contributed by atoms with Gasteiger partial charge >= 0.3 is 0 Å². The smallest absolute Gasteiger partial charge is 0.258 e. The Morgan fingerprint density at radius 1 is 1.21 bits per heavy atom. The number of nitrogens with zero attached hydrogens (tertiary/aromatic N) is 3. The molecule has 0 saturated carbocycles. The molecule has 150 valence electrons. The zero-order chi connectivity index (χ0) is 20.1. The Morgan fingerprint density at radius 3 is 2.86 bits per heavy atom. The summed E-state index contributed by atoms with van der Waals surface area (Å²) in [6.45, 7) is 0. The van der Waals surface area contributed by atoms with Gasteiger partial charge in [-0.05, 0) is 48.6 Å². The van der Waals surface area contributed by atoms with E-state index < -0.39 is 12.3 Å². The first kappa shape index (κ1) is 18.1. The Balaban J connectivity index is 1.43. The van der Waals surface area contributed by atoms with Gasteiger partial charge in [-0.2, -0.15) is 0 Å². The molecule has 2 fully saturated rings. The number of hydrogen-bond donors (Lipinski definition) is 2. The van der Waals surface area contributed by atoms with Crippen molar-refractivity contribution in [3.63, 3.8) is 0 Å². The summed E-state index contributed by atoms with van der Waals surface area (Å²) in [6.07, 6.45) is 0.832. The van der Waals surface area contributed by atoms with Crippen LogP contribution in [0.3, 0.4) is 0 Å². The topological polar surface area (TPSA) is 89.3 Å². The number of alkyl halides is 1. The molecule has 3 aromatic rings. The summed E-state index contributed by atoms with van der Waals surface area (Å²) in [4.78, 5) is 12.6. The molecule has 1 aromatic carbocycles. The molecule has 8 heteroatoms. The number of phenols is 1. The molecule has 0 amide bonds. The van der Waals surface area contributed by atoms with Crippen LogP contribution < -0.4 is 15.6 Å². The molecule has 29 heavy (non-hydrogen) atoms. The lowest BCUT2D eigenvalue weighted by Crippen LogP contribution is -2.51. The predicted molar refractivity (Wildman–Crippen MR) is 106 cm³/mol. The summed E-state index contributed by atoms with van der Waals surface area (Å²) in [5.41, 5.74) is 0.866. The molecule has 2 aliphatic heterocycles. The number of phenolic OH excluding ortho intramolecular Hbond substituents is 1. The highest BCUT2D eigenvalue weighted by atomic mass is 19.1. The maximum absolute atomic E-state index is 14.6. The number of pyridine rings is 1. The van der Waals surface area contributed by atoms with E-state index >= 15 is 0 Å². The Labute approximate surface area is 166 Å². The van der Waals surface area contributed by atoms with Gasteiger partial charge in [-0.15, -0.1) is 10.2 Å². The van der Waals surface area contributed by atoms with Gasteiger partial charge in [0, 0.05) is 37.0 Å². The monoisotopic (exact) mass is 396 g/mol. The van der Waals surface area contributed by atoms with Crippen LogP contribution in [0, 0.1) is 0 Å². The number of fused-ring (bicyclic) bond motifs is 3. The van der Waals surface area contributed by atoms with Crippen LogP contribution in [0.4, 0.5) is 4.39 Å². The average Bonchev–Trinajstić information content (AvgIpc) is 3.13. The maximum Gasteiger partial charge on any atom is 0.258 e. The summed E-state index contributed by atoms with van der Waals surface area (Å²) in [7, 11) is 1.66. The zero-order valence-corrected chi connectivity index (χ0v) is 15.9. The fraction of sp³-hybridized carbons (Fsp3) is 0.381. The van der Waals surface area contributed by atoms with Crippen molar-refractivity contribution >= 4 is 10.8 Å². The molecule has 0 radical (unpaired) electrons. The van der Waals surface area contributed by atoms with Crippen LogP contribution in [0.15, 0.2) is 41.2 Å². The van der Waals surface area contributed by atoms with Gasteiger partial charge in [0.1, 0.15) is 17.5 Å². The van der Waals surface area contributed by atoms with Crippen molar-refractivity contribution in [3.8, 4) is 23.0 Å². The lowest BCUT2D eigenvalue weighted by molar-refractivity contribution is 0.0422. The van der Waals surface area contributed by atoms with E-state index in [0.29, 0.717) is 34.6 Å². The van der Waals surface area contributed by atoms with E-state index in [1.807, 2.05) is 0 Å². The van der Waals surface area contributed by atoms with Crippen molar-refractivity contribution in [2.75, 3.05) is 0 Å². The summed E-state index contributed by atoms with van der Waals surface area (Å²) in [5, 5.41) is 22.4. The van der Waals surface area contributed by atoms with E-state index in [0.717, 1.165) is 12.8 Å². The molecule has 2 aromatic heterocycles. The second-order valence-corrected chi connectivity index (χ2v) is 7.81. The van der Waals surface area contributed by atoms with Crippen molar-refractivity contribution in [2.24, 2.45) is 7.05 Å². The molecular formula is C21H21FN4O3. The fourth-order valence-corrected chi connectivity index (χ4v) is 4.39. The standard InChI is InChI=1S/C21H21FN4O3/c1-26-17(9-11-8-13(27)3-4-14(11)21(26)28)15-6-7-19(25-24-15)29-18-10-12-2-5-16(23-12)20(18)22/h3-4,6-9,12,16,18,20,23,27H,2,5,10H2,1H3/t12-,16+,18-,20+/m1/s1. The van der Waals surface area contributed by atoms with Crippen molar-refractivity contribution in [1.82, 2.24) is 20.1 Å². The van der Waals surface area contributed by atoms with Crippen LogP contribution in [-0.4, -0.2) is 44.2 Å². The van der Waals surface area contributed by atoms with E-state index in [1.165, 1.54) is 16.7 Å². The number of ether oxygens (including phenoxy) is 1. The Hall–Kier alpha value is -3.00. The van der Waals surface area contributed by atoms with Crippen molar-refractivity contribution < 1.29 is 14.2 Å². The number of nitrogens with one attached hydrogen (secondary N) is 1. The molecule has 2 bridgehead atoms. The van der Waals surface area contributed by atoms with Crippen LogP contribution in [-0.2, 0) is 7.05 Å². The maximum atomic E-state index is 14.6. The number of piperidine rings is 1. The van der Waals surface area contributed by atoms with Crippen LogP contribution in [0.2, 0.25) is 0 Å². The molecule has 7 nitrogen and oxygen atoms in total. The fourth-order valence-electron chi connectivity index (χ4n) is 4.39. The second-order valence-electron chi connectivity index (χ2n) is 7.81. The summed E-state index contributed by atoms with van der Waals surface area (Å²) >= 11 is 0. The summed E-state index contributed by atoms with van der Waals surface area (Å²) < 4.78 is 21.8. The van der Waals surface area contributed by atoms with Gasteiger partial charge in [0.05, 0.1) is 5.69 Å². The van der Waals surface area contributed by atoms with Crippen LogP contribution in [0.1, 0.15) is 19.3 Å². The molecule has 5 rings (SSSR count). The quantitative estimate of drug-likeness (QED) is 0.706. The van der Waals surface area contributed by atoms with E-state index in [-0.39, 0.29) is 23.2 Å². The van der Waals surface area contributed by atoms with Crippen LogP contribution in [0.5, 0.6) is 11.6 Å². The molecular weight excluding hydrogens is 375 g/mol. The van der Waals surface area contributed by atoms with E-state index in [1.54, 1.807) is 31.3 Å². The second kappa shape index (κ2) is 6.81. The highest BCUT2D eigenvalue weighted by Crippen LogP contribution is 2.31. The summed E-state index contributed by atoms with van der Waals surface area (Å²) in [5.74, 6) is 0.356. The highest BCUT2D eigenvalue weighted by Gasteiger charge is 2.43. The predicted octanol–water partition coefficient (Wildman–Crippen LogP) is 2.31. The third-order valence-electron chi connectivity index (χ3n) is 5.93. The molecule has 2 saturated heterocycles. The van der Waals surface area contributed by atoms with Gasteiger partial charge in [0.15, 0.2) is 6.17 Å². The minimum Gasteiger partial charge on any atom is -0.508 e. The number of aromatic nitrogens is 3.